The highest BCUT2D eigenvalue weighted by molar-refractivity contribution is 5.97. The summed E-state index contributed by atoms with van der Waals surface area (Å²) in [6.07, 6.45) is 0.815. The van der Waals surface area contributed by atoms with Crippen LogP contribution in [-0.2, 0) is 24.3 Å². The molecular formula is C18H21ClFN5O2. The Bertz CT molecular complexity index is 856. The second-order valence-electron chi connectivity index (χ2n) is 6.63. The van der Waals surface area contributed by atoms with Gasteiger partial charge in [-0.2, -0.15) is 5.10 Å². The first-order valence-electron chi connectivity index (χ1n) is 8.70. The second-order valence-corrected chi connectivity index (χ2v) is 6.63. The molecular weight excluding hydrogens is 373 g/mol. The van der Waals surface area contributed by atoms with Crippen LogP contribution in [0.3, 0.4) is 0 Å². The van der Waals surface area contributed by atoms with E-state index in [1.54, 1.807) is 17.0 Å². The monoisotopic (exact) mass is 393 g/mol. The molecule has 2 aromatic rings. The van der Waals surface area contributed by atoms with Crippen LogP contribution in [0.25, 0.3) is 0 Å². The minimum atomic E-state index is -0.319. The number of aromatic amines is 1. The smallest absolute Gasteiger partial charge is 0.275 e. The van der Waals surface area contributed by atoms with E-state index in [1.165, 1.54) is 17.0 Å². The summed E-state index contributed by atoms with van der Waals surface area (Å²) in [6.45, 7) is 2.70. The number of aromatic nitrogens is 2. The quantitative estimate of drug-likeness (QED) is 0.818. The minimum absolute atomic E-state index is 0. The van der Waals surface area contributed by atoms with Gasteiger partial charge in [0.25, 0.3) is 5.91 Å². The van der Waals surface area contributed by atoms with Crippen molar-refractivity contribution in [3.8, 4) is 0 Å². The Kier molecular flexibility index (Phi) is 5.76. The van der Waals surface area contributed by atoms with E-state index in [1.807, 2.05) is 0 Å². The molecule has 0 saturated carbocycles. The first-order chi connectivity index (χ1) is 12.6. The number of nitrogens with zero attached hydrogens (tertiary/aromatic N) is 3. The summed E-state index contributed by atoms with van der Waals surface area (Å²) in [5.41, 5.74) is 3.03. The third-order valence-electron chi connectivity index (χ3n) is 4.88. The van der Waals surface area contributed by atoms with Gasteiger partial charge in [-0.25, -0.2) is 4.39 Å². The molecule has 1 saturated heterocycles. The van der Waals surface area contributed by atoms with Crippen LogP contribution in [-0.4, -0.2) is 58.0 Å². The molecule has 1 aromatic carbocycles. The van der Waals surface area contributed by atoms with Gasteiger partial charge >= 0.3 is 0 Å². The van der Waals surface area contributed by atoms with Gasteiger partial charge in [-0.15, -0.1) is 12.4 Å². The maximum Gasteiger partial charge on any atom is 0.275 e. The molecule has 27 heavy (non-hydrogen) atoms. The summed E-state index contributed by atoms with van der Waals surface area (Å²) < 4.78 is 13.3. The van der Waals surface area contributed by atoms with Crippen molar-refractivity contribution < 1.29 is 14.0 Å². The fraction of sp³-hybridized carbons (Fsp3) is 0.389. The summed E-state index contributed by atoms with van der Waals surface area (Å²) in [5.74, 6) is -0.679. The number of hydrogen-bond acceptors (Lipinski definition) is 4. The number of fused-ring (bicyclic) bond motifs is 1. The number of carbonyl (C=O) groups excluding carboxylic acids is 2. The molecule has 9 heteroatoms. The second kappa shape index (κ2) is 8.06. The molecule has 0 atom stereocenters. The zero-order chi connectivity index (χ0) is 18.1. The van der Waals surface area contributed by atoms with Crippen LogP contribution in [0.2, 0.25) is 0 Å². The summed E-state index contributed by atoms with van der Waals surface area (Å²) in [6, 6.07) is 6.22. The van der Waals surface area contributed by atoms with Crippen LogP contribution in [0, 0.1) is 5.82 Å². The van der Waals surface area contributed by atoms with Gasteiger partial charge in [-0.3, -0.25) is 14.7 Å². The van der Waals surface area contributed by atoms with E-state index >= 15 is 0 Å². The van der Waals surface area contributed by atoms with Crippen molar-refractivity contribution in [1.29, 1.82) is 0 Å². The molecule has 1 aromatic heterocycles. The van der Waals surface area contributed by atoms with Crippen molar-refractivity contribution in [3.63, 3.8) is 0 Å². The van der Waals surface area contributed by atoms with Gasteiger partial charge in [0.2, 0.25) is 5.91 Å². The highest BCUT2D eigenvalue weighted by Crippen LogP contribution is 2.18. The average molecular weight is 394 g/mol. The largest absolute Gasteiger partial charge is 0.335 e. The standard InChI is InChI=1S/C18H20FN5O2.ClH/c19-13-3-1-2-12(8-13)10-23-6-7-24(11-16(23)25)18(26)17-14-9-20-5-4-15(14)21-22-17;/h1-3,8,20H,4-7,9-11H2,(H,21,22);1H. The Morgan fingerprint density at radius 1 is 1.30 bits per heavy atom. The molecule has 2 N–H and O–H groups in total. The van der Waals surface area contributed by atoms with Crippen molar-refractivity contribution in [1.82, 2.24) is 25.3 Å². The first-order valence-corrected chi connectivity index (χ1v) is 8.70. The van der Waals surface area contributed by atoms with E-state index in [4.69, 9.17) is 0 Å². The lowest BCUT2D eigenvalue weighted by Crippen LogP contribution is -2.52. The lowest BCUT2D eigenvalue weighted by Gasteiger charge is -2.34. The molecule has 4 rings (SSSR count). The predicted molar refractivity (Wildman–Crippen MR) is 99.0 cm³/mol. The molecule has 144 valence electrons. The van der Waals surface area contributed by atoms with Crippen molar-refractivity contribution in [2.45, 2.75) is 19.5 Å². The molecule has 0 radical (unpaired) electrons. The number of benzene rings is 1. The summed E-state index contributed by atoms with van der Waals surface area (Å²) in [5, 5.41) is 10.3. The molecule has 1 fully saturated rings. The third-order valence-corrected chi connectivity index (χ3v) is 4.88. The molecule has 2 aliphatic rings. The number of hydrogen-bond donors (Lipinski definition) is 2. The normalized spacial score (nSPS) is 16.7. The first kappa shape index (κ1) is 19.3. The van der Waals surface area contributed by atoms with Gasteiger partial charge < -0.3 is 15.1 Å². The number of halogens is 2. The van der Waals surface area contributed by atoms with Crippen LogP contribution < -0.4 is 5.32 Å². The average Bonchev–Trinajstić information content (AvgIpc) is 3.07. The zero-order valence-corrected chi connectivity index (χ0v) is 15.5. The number of rotatable bonds is 3. The number of piperazine rings is 1. The third kappa shape index (κ3) is 3.96. The molecule has 2 amide bonds. The number of amides is 2. The maximum atomic E-state index is 13.3. The Morgan fingerprint density at radius 3 is 2.93 bits per heavy atom. The van der Waals surface area contributed by atoms with Gasteiger partial charge in [0.1, 0.15) is 12.4 Å². The molecule has 3 heterocycles. The van der Waals surface area contributed by atoms with Crippen LogP contribution >= 0.6 is 12.4 Å². The van der Waals surface area contributed by atoms with E-state index in [-0.39, 0.29) is 36.6 Å². The molecule has 0 aliphatic carbocycles. The molecule has 2 aliphatic heterocycles. The van der Waals surface area contributed by atoms with Gasteiger partial charge in [-0.05, 0) is 17.7 Å². The van der Waals surface area contributed by atoms with Crippen LogP contribution in [0.4, 0.5) is 4.39 Å². The van der Waals surface area contributed by atoms with Gasteiger partial charge in [-0.1, -0.05) is 12.1 Å². The molecule has 0 bridgehead atoms. The van der Waals surface area contributed by atoms with Crippen molar-refractivity contribution >= 4 is 24.2 Å². The molecule has 0 unspecified atom stereocenters. The lowest BCUT2D eigenvalue weighted by molar-refractivity contribution is -0.135. The molecule has 7 nitrogen and oxygen atoms in total. The minimum Gasteiger partial charge on any atom is -0.335 e. The Morgan fingerprint density at radius 2 is 2.15 bits per heavy atom. The van der Waals surface area contributed by atoms with Crippen molar-refractivity contribution in [2.75, 3.05) is 26.2 Å². The number of carbonyl (C=O) groups is 2. The topological polar surface area (TPSA) is 81.3 Å². The van der Waals surface area contributed by atoms with Crippen molar-refractivity contribution in [3.05, 3.63) is 52.6 Å². The summed E-state index contributed by atoms with van der Waals surface area (Å²) in [7, 11) is 0. The fourth-order valence-corrected chi connectivity index (χ4v) is 3.46. The fourth-order valence-electron chi connectivity index (χ4n) is 3.46. The van der Waals surface area contributed by atoms with E-state index < -0.39 is 0 Å². The van der Waals surface area contributed by atoms with Crippen LogP contribution in [0.15, 0.2) is 24.3 Å². The number of H-pyrrole nitrogens is 1. The number of nitrogens with one attached hydrogen (secondary N) is 2. The van der Waals surface area contributed by atoms with Crippen molar-refractivity contribution in [2.24, 2.45) is 0 Å². The van der Waals surface area contributed by atoms with E-state index in [0.717, 1.165) is 29.8 Å². The van der Waals surface area contributed by atoms with Gasteiger partial charge in [0.15, 0.2) is 5.69 Å². The lowest BCUT2D eigenvalue weighted by atomic mass is 10.1. The Hall–Kier alpha value is -2.45. The van der Waals surface area contributed by atoms with Crippen LogP contribution in [0.1, 0.15) is 27.3 Å². The highest BCUT2D eigenvalue weighted by Gasteiger charge is 2.31. The van der Waals surface area contributed by atoms with E-state index in [0.29, 0.717) is 31.9 Å². The van der Waals surface area contributed by atoms with Gasteiger partial charge in [0.05, 0.1) is 0 Å². The summed E-state index contributed by atoms with van der Waals surface area (Å²) >= 11 is 0. The predicted octanol–water partition coefficient (Wildman–Crippen LogP) is 1.10. The zero-order valence-electron chi connectivity index (χ0n) is 14.7. The van der Waals surface area contributed by atoms with Gasteiger partial charge in [0, 0.05) is 50.4 Å². The highest BCUT2D eigenvalue weighted by atomic mass is 35.5. The Balaban J connectivity index is 0.00000210. The maximum absolute atomic E-state index is 13.3. The van der Waals surface area contributed by atoms with E-state index in [9.17, 15) is 14.0 Å². The van der Waals surface area contributed by atoms with Crippen LogP contribution in [0.5, 0.6) is 0 Å². The Labute approximate surface area is 162 Å². The SMILES string of the molecule is Cl.O=C1CN(C(=O)c2n[nH]c3c2CNCC3)CCN1Cc1cccc(F)c1. The summed E-state index contributed by atoms with van der Waals surface area (Å²) in [4.78, 5) is 28.4. The molecule has 0 spiro atoms. The van der Waals surface area contributed by atoms with E-state index in [2.05, 4.69) is 15.5 Å².